The van der Waals surface area contributed by atoms with Crippen molar-refractivity contribution in [1.29, 1.82) is 0 Å². The van der Waals surface area contributed by atoms with Gasteiger partial charge in [-0.15, -0.1) is 6.42 Å². The van der Waals surface area contributed by atoms with Gasteiger partial charge < -0.3 is 15.2 Å². The summed E-state index contributed by atoms with van der Waals surface area (Å²) < 4.78 is 19.3. The van der Waals surface area contributed by atoms with Crippen LogP contribution in [0.1, 0.15) is 48.0 Å². The number of hydrogen-bond acceptors (Lipinski definition) is 3. The van der Waals surface area contributed by atoms with E-state index in [4.69, 9.17) is 11.2 Å². The molecule has 5 heteroatoms. The van der Waals surface area contributed by atoms with Crippen LogP contribution in [-0.4, -0.2) is 23.3 Å². The molecule has 0 saturated heterocycles. The molecule has 0 aromatic heterocycles. The Morgan fingerprint density at radius 2 is 2.14 bits per heavy atom. The number of halogens is 1. The number of amides is 1. The third-order valence-electron chi connectivity index (χ3n) is 3.93. The average Bonchev–Trinajstić information content (AvgIpc) is 2.49. The van der Waals surface area contributed by atoms with Crippen LogP contribution in [-0.2, 0) is 0 Å². The summed E-state index contributed by atoms with van der Waals surface area (Å²) >= 11 is 0. The lowest BCUT2D eigenvalue weighted by atomic mass is 9.91. The first kappa shape index (κ1) is 16.3. The van der Waals surface area contributed by atoms with Crippen molar-refractivity contribution < 1.29 is 19.0 Å². The van der Waals surface area contributed by atoms with E-state index in [9.17, 15) is 14.3 Å². The van der Waals surface area contributed by atoms with E-state index in [1.54, 1.807) is 0 Å². The van der Waals surface area contributed by atoms with Crippen molar-refractivity contribution >= 4 is 5.91 Å². The van der Waals surface area contributed by atoms with Gasteiger partial charge in [-0.1, -0.05) is 12.3 Å². The van der Waals surface area contributed by atoms with E-state index in [2.05, 4.69) is 11.2 Å². The summed E-state index contributed by atoms with van der Waals surface area (Å²) in [6.07, 6.45) is 8.88. The Hall–Kier alpha value is -2.06. The van der Waals surface area contributed by atoms with E-state index in [0.29, 0.717) is 12.8 Å². The summed E-state index contributed by atoms with van der Waals surface area (Å²) in [5.41, 5.74) is -0.840. The average molecular weight is 305 g/mol. The number of benzene rings is 1. The van der Waals surface area contributed by atoms with Gasteiger partial charge in [-0.05, 0) is 44.7 Å². The molecule has 0 bridgehead atoms. The molecule has 0 radical (unpaired) electrons. The van der Waals surface area contributed by atoms with Crippen LogP contribution in [0.3, 0.4) is 0 Å². The molecule has 1 aromatic carbocycles. The number of ether oxygens (including phenoxy) is 1. The van der Waals surface area contributed by atoms with Crippen LogP contribution in [0.15, 0.2) is 12.1 Å². The van der Waals surface area contributed by atoms with E-state index >= 15 is 0 Å². The highest BCUT2D eigenvalue weighted by Crippen LogP contribution is 2.27. The van der Waals surface area contributed by atoms with Gasteiger partial charge in [-0.2, -0.15) is 0 Å². The van der Waals surface area contributed by atoms with E-state index < -0.39 is 17.4 Å². The van der Waals surface area contributed by atoms with Crippen molar-refractivity contribution in [3.63, 3.8) is 0 Å². The Balaban J connectivity index is 2.16. The van der Waals surface area contributed by atoms with Crippen molar-refractivity contribution in [3.05, 3.63) is 29.1 Å². The van der Waals surface area contributed by atoms with Gasteiger partial charge in [0.2, 0.25) is 0 Å². The lowest BCUT2D eigenvalue weighted by Crippen LogP contribution is -2.49. The van der Waals surface area contributed by atoms with E-state index in [1.165, 1.54) is 19.1 Å². The number of rotatable bonds is 4. The van der Waals surface area contributed by atoms with Crippen LogP contribution in [0.4, 0.5) is 4.39 Å². The molecular formula is C17H20FNO3. The van der Waals surface area contributed by atoms with Gasteiger partial charge in [0.05, 0.1) is 0 Å². The molecule has 0 unspecified atom stereocenters. The van der Waals surface area contributed by atoms with E-state index in [0.717, 1.165) is 19.3 Å². The lowest BCUT2D eigenvalue weighted by molar-refractivity contribution is -0.0219. The quantitative estimate of drug-likeness (QED) is 0.664. The number of nitrogens with one attached hydrogen (secondary N) is 1. The second kappa shape index (κ2) is 6.80. The minimum absolute atomic E-state index is 0.0170. The first-order chi connectivity index (χ1) is 10.5. The normalized spacial score (nSPS) is 16.6. The third kappa shape index (κ3) is 3.58. The van der Waals surface area contributed by atoms with Crippen molar-refractivity contribution in [2.75, 3.05) is 6.61 Å². The predicted octanol–water partition coefficient (Wildman–Crippen LogP) is 2.53. The topological polar surface area (TPSA) is 58.6 Å². The standard InChI is InChI=1S/C17H20FNO3/c1-3-11-22-14-8-7-13(12(2)15(14)18)16(20)19-17(21)9-5-4-6-10-17/h1,7-8,21H,4-6,9-11H2,2H3,(H,19,20). The van der Waals surface area contributed by atoms with Gasteiger partial charge in [0.1, 0.15) is 12.3 Å². The molecule has 0 spiro atoms. The maximum Gasteiger partial charge on any atom is 0.253 e. The molecule has 2 N–H and O–H groups in total. The highest BCUT2D eigenvalue weighted by Gasteiger charge is 2.31. The van der Waals surface area contributed by atoms with Crippen LogP contribution < -0.4 is 10.1 Å². The second-order valence-corrected chi connectivity index (χ2v) is 5.59. The summed E-state index contributed by atoms with van der Waals surface area (Å²) in [5, 5.41) is 13.0. The summed E-state index contributed by atoms with van der Waals surface area (Å²) in [5.74, 6) is 1.18. The van der Waals surface area contributed by atoms with Crippen molar-refractivity contribution in [1.82, 2.24) is 5.32 Å². The highest BCUT2D eigenvalue weighted by molar-refractivity contribution is 5.96. The molecule has 0 atom stereocenters. The summed E-state index contributed by atoms with van der Waals surface area (Å²) in [6, 6.07) is 2.85. The summed E-state index contributed by atoms with van der Waals surface area (Å²) in [6.45, 7) is 1.46. The number of aliphatic hydroxyl groups is 1. The molecule has 4 nitrogen and oxygen atoms in total. The number of terminal acetylenes is 1. The lowest BCUT2D eigenvalue weighted by Gasteiger charge is -2.33. The van der Waals surface area contributed by atoms with Gasteiger partial charge in [0.15, 0.2) is 11.6 Å². The maximum absolute atomic E-state index is 14.2. The smallest absolute Gasteiger partial charge is 0.253 e. The fourth-order valence-corrected chi connectivity index (χ4v) is 2.68. The van der Waals surface area contributed by atoms with Crippen LogP contribution in [0.5, 0.6) is 5.75 Å². The minimum atomic E-state index is -1.20. The van der Waals surface area contributed by atoms with Gasteiger partial charge in [-0.3, -0.25) is 4.79 Å². The SMILES string of the molecule is C#CCOc1ccc(C(=O)NC2(O)CCCCC2)c(C)c1F. The molecule has 22 heavy (non-hydrogen) atoms. The van der Waals surface area contributed by atoms with E-state index in [-0.39, 0.29) is 23.5 Å². The zero-order chi connectivity index (χ0) is 16.2. The molecule has 0 aliphatic heterocycles. The Morgan fingerprint density at radius 1 is 1.45 bits per heavy atom. The largest absolute Gasteiger partial charge is 0.478 e. The number of carbonyl (C=O) groups excluding carboxylic acids is 1. The number of hydrogen-bond donors (Lipinski definition) is 2. The molecule has 1 fully saturated rings. The Bertz CT molecular complexity index is 601. The predicted molar refractivity (Wildman–Crippen MR) is 81.0 cm³/mol. The van der Waals surface area contributed by atoms with Crippen LogP contribution in [0.25, 0.3) is 0 Å². The highest BCUT2D eigenvalue weighted by atomic mass is 19.1. The van der Waals surface area contributed by atoms with Gasteiger partial charge in [0, 0.05) is 11.1 Å². The summed E-state index contributed by atoms with van der Waals surface area (Å²) in [4.78, 5) is 12.3. The zero-order valence-electron chi connectivity index (χ0n) is 12.6. The van der Waals surface area contributed by atoms with Gasteiger partial charge >= 0.3 is 0 Å². The zero-order valence-corrected chi connectivity index (χ0v) is 12.6. The van der Waals surface area contributed by atoms with Crippen LogP contribution in [0, 0.1) is 25.1 Å². The van der Waals surface area contributed by atoms with E-state index in [1.807, 2.05) is 0 Å². The maximum atomic E-state index is 14.2. The van der Waals surface area contributed by atoms with Crippen molar-refractivity contribution in [2.24, 2.45) is 0 Å². The minimum Gasteiger partial charge on any atom is -0.478 e. The molecule has 0 heterocycles. The van der Waals surface area contributed by atoms with Gasteiger partial charge in [-0.25, -0.2) is 4.39 Å². The first-order valence-electron chi connectivity index (χ1n) is 7.37. The second-order valence-electron chi connectivity index (χ2n) is 5.59. The Labute approximate surface area is 129 Å². The molecule has 1 aliphatic carbocycles. The fourth-order valence-electron chi connectivity index (χ4n) is 2.68. The van der Waals surface area contributed by atoms with Gasteiger partial charge in [0.25, 0.3) is 5.91 Å². The fraction of sp³-hybridized carbons (Fsp3) is 0.471. The Kier molecular flexibility index (Phi) is 5.04. The molecule has 118 valence electrons. The molecule has 1 aromatic rings. The van der Waals surface area contributed by atoms with Crippen LogP contribution >= 0.6 is 0 Å². The first-order valence-corrected chi connectivity index (χ1v) is 7.37. The number of carbonyl (C=O) groups is 1. The molecule has 1 amide bonds. The Morgan fingerprint density at radius 3 is 2.77 bits per heavy atom. The van der Waals surface area contributed by atoms with Crippen LogP contribution in [0.2, 0.25) is 0 Å². The van der Waals surface area contributed by atoms with Crippen molar-refractivity contribution in [2.45, 2.75) is 44.8 Å². The molecular weight excluding hydrogens is 285 g/mol. The summed E-state index contributed by atoms with van der Waals surface area (Å²) in [7, 11) is 0. The molecule has 1 aliphatic rings. The third-order valence-corrected chi connectivity index (χ3v) is 3.93. The van der Waals surface area contributed by atoms with Crippen molar-refractivity contribution in [3.8, 4) is 18.1 Å². The molecule has 1 saturated carbocycles. The monoisotopic (exact) mass is 305 g/mol. The molecule has 2 rings (SSSR count).